The molecular formula is C12H12N4O2S. The van der Waals surface area contributed by atoms with Crippen molar-refractivity contribution in [1.82, 2.24) is 10.1 Å². The molecule has 2 aromatic rings. The fourth-order valence-corrected chi connectivity index (χ4v) is 2.73. The first-order chi connectivity index (χ1) is 9.17. The maximum Gasteiger partial charge on any atom is 0.240 e. The van der Waals surface area contributed by atoms with Gasteiger partial charge in [0.2, 0.25) is 17.6 Å². The molecule has 0 radical (unpaired) electrons. The van der Waals surface area contributed by atoms with Crippen LogP contribution in [0.2, 0.25) is 0 Å². The zero-order chi connectivity index (χ0) is 13.4. The second-order valence-corrected chi connectivity index (χ2v) is 5.56. The van der Waals surface area contributed by atoms with Crippen molar-refractivity contribution in [2.75, 3.05) is 5.32 Å². The van der Waals surface area contributed by atoms with Crippen LogP contribution in [-0.4, -0.2) is 21.3 Å². The summed E-state index contributed by atoms with van der Waals surface area (Å²) < 4.78 is 4.97. The van der Waals surface area contributed by atoms with Gasteiger partial charge in [-0.3, -0.25) is 4.79 Å². The summed E-state index contributed by atoms with van der Waals surface area (Å²) >= 11 is 1.54. The third kappa shape index (κ3) is 2.22. The van der Waals surface area contributed by atoms with Crippen molar-refractivity contribution in [3.63, 3.8) is 0 Å². The number of nitrogens with two attached hydrogens (primary N) is 1. The minimum atomic E-state index is -0.0765. The van der Waals surface area contributed by atoms with Crippen molar-refractivity contribution < 1.29 is 9.32 Å². The normalized spacial score (nSPS) is 18.0. The Morgan fingerprint density at radius 1 is 1.53 bits per heavy atom. The van der Waals surface area contributed by atoms with Gasteiger partial charge < -0.3 is 15.6 Å². The van der Waals surface area contributed by atoms with Gasteiger partial charge in [-0.05, 0) is 25.1 Å². The van der Waals surface area contributed by atoms with E-state index in [0.29, 0.717) is 11.7 Å². The van der Waals surface area contributed by atoms with Crippen molar-refractivity contribution in [2.45, 2.75) is 23.6 Å². The van der Waals surface area contributed by atoms with Crippen LogP contribution in [0.5, 0.6) is 0 Å². The number of rotatable bonds is 2. The van der Waals surface area contributed by atoms with E-state index in [-0.39, 0.29) is 17.7 Å². The average molecular weight is 276 g/mol. The van der Waals surface area contributed by atoms with E-state index in [1.54, 1.807) is 0 Å². The van der Waals surface area contributed by atoms with E-state index < -0.39 is 0 Å². The van der Waals surface area contributed by atoms with Gasteiger partial charge in [0, 0.05) is 10.5 Å². The van der Waals surface area contributed by atoms with E-state index in [4.69, 9.17) is 10.3 Å². The Bertz CT molecular complexity index is 640. The fraction of sp³-hybridized carbons (Fsp3) is 0.250. The number of hydrogen-bond donors (Lipinski definition) is 2. The number of carbonyl (C=O) groups is 1. The molecule has 1 aliphatic heterocycles. The van der Waals surface area contributed by atoms with Gasteiger partial charge in [0.15, 0.2) is 0 Å². The fourth-order valence-electron chi connectivity index (χ4n) is 1.80. The van der Waals surface area contributed by atoms with Gasteiger partial charge in [-0.1, -0.05) is 5.16 Å². The number of hydrogen-bond acceptors (Lipinski definition) is 6. The van der Waals surface area contributed by atoms with Crippen LogP contribution in [0, 0.1) is 0 Å². The largest absolute Gasteiger partial charge is 0.338 e. The minimum Gasteiger partial charge on any atom is -0.338 e. The molecule has 1 amide bonds. The molecule has 1 unspecified atom stereocenters. The summed E-state index contributed by atoms with van der Waals surface area (Å²) in [6.07, 6.45) is 0. The van der Waals surface area contributed by atoms with Crippen LogP contribution in [0.4, 0.5) is 5.69 Å². The number of nitrogens with zero attached hydrogens (tertiary/aromatic N) is 2. The molecule has 0 spiro atoms. The summed E-state index contributed by atoms with van der Waals surface area (Å²) in [7, 11) is 0. The van der Waals surface area contributed by atoms with Crippen LogP contribution in [0.15, 0.2) is 27.6 Å². The van der Waals surface area contributed by atoms with E-state index >= 15 is 0 Å². The smallest absolute Gasteiger partial charge is 0.240 e. The van der Waals surface area contributed by atoms with Crippen molar-refractivity contribution in [3.05, 3.63) is 24.1 Å². The summed E-state index contributed by atoms with van der Waals surface area (Å²) in [5, 5.41) is 6.65. The molecule has 1 aliphatic rings. The van der Waals surface area contributed by atoms with Crippen LogP contribution in [0.1, 0.15) is 12.8 Å². The van der Waals surface area contributed by atoms with Crippen LogP contribution in [0.25, 0.3) is 11.4 Å². The van der Waals surface area contributed by atoms with E-state index in [1.807, 2.05) is 25.1 Å². The highest BCUT2D eigenvalue weighted by molar-refractivity contribution is 8.00. The number of nitrogens with one attached hydrogen (secondary N) is 1. The Balaban J connectivity index is 1.97. The lowest BCUT2D eigenvalue weighted by atomic mass is 10.2. The van der Waals surface area contributed by atoms with Crippen LogP contribution >= 0.6 is 11.8 Å². The van der Waals surface area contributed by atoms with Gasteiger partial charge in [-0.15, -0.1) is 11.8 Å². The summed E-state index contributed by atoms with van der Waals surface area (Å²) in [5.74, 6) is 0.867. The van der Waals surface area contributed by atoms with Crippen molar-refractivity contribution in [2.24, 2.45) is 5.73 Å². The number of carbonyl (C=O) groups excluding carboxylic acids is 1. The molecule has 3 rings (SSSR count). The third-order valence-corrected chi connectivity index (χ3v) is 3.99. The number of amides is 1. The first-order valence-electron chi connectivity index (χ1n) is 5.82. The van der Waals surface area contributed by atoms with Gasteiger partial charge in [-0.25, -0.2) is 0 Å². The first-order valence-corrected chi connectivity index (χ1v) is 6.70. The average Bonchev–Trinajstić information content (AvgIpc) is 2.88. The highest BCUT2D eigenvalue weighted by Crippen LogP contribution is 2.37. The number of benzene rings is 1. The maximum atomic E-state index is 11.7. The molecule has 1 atom stereocenters. The van der Waals surface area contributed by atoms with Crippen molar-refractivity contribution in [3.8, 4) is 11.4 Å². The van der Waals surface area contributed by atoms with Crippen LogP contribution in [-0.2, 0) is 11.3 Å². The maximum absolute atomic E-state index is 11.7. The first kappa shape index (κ1) is 12.2. The highest BCUT2D eigenvalue weighted by atomic mass is 32.2. The summed E-state index contributed by atoms with van der Waals surface area (Å²) in [5.41, 5.74) is 7.00. The second kappa shape index (κ2) is 4.67. The Morgan fingerprint density at radius 2 is 2.37 bits per heavy atom. The SMILES string of the molecule is CC1Sc2ccc(-c3noc(CN)n3)cc2NC1=O. The molecule has 1 aromatic heterocycles. The predicted octanol–water partition coefficient (Wildman–Crippen LogP) is 1.63. The second-order valence-electron chi connectivity index (χ2n) is 4.18. The predicted molar refractivity (Wildman–Crippen MR) is 71.6 cm³/mol. The van der Waals surface area contributed by atoms with E-state index in [1.165, 1.54) is 11.8 Å². The monoisotopic (exact) mass is 276 g/mol. The van der Waals surface area contributed by atoms with Gasteiger partial charge >= 0.3 is 0 Å². The molecule has 3 N–H and O–H groups in total. The standard InChI is InChI=1S/C12H12N4O2S/c1-6-12(17)14-8-4-7(2-3-9(8)19-6)11-15-10(5-13)18-16-11/h2-4,6H,5,13H2,1H3,(H,14,17). The minimum absolute atomic E-state index is 0.00501. The molecule has 0 saturated carbocycles. The Labute approximate surface area is 113 Å². The lowest BCUT2D eigenvalue weighted by molar-refractivity contribution is -0.115. The van der Waals surface area contributed by atoms with Gasteiger partial charge in [-0.2, -0.15) is 4.98 Å². The molecule has 1 aromatic carbocycles. The topological polar surface area (TPSA) is 94.0 Å². The summed E-state index contributed by atoms with van der Waals surface area (Å²) in [6.45, 7) is 2.09. The summed E-state index contributed by atoms with van der Waals surface area (Å²) in [6, 6.07) is 5.70. The van der Waals surface area contributed by atoms with Gasteiger partial charge in [0.05, 0.1) is 17.5 Å². The van der Waals surface area contributed by atoms with Crippen LogP contribution in [0.3, 0.4) is 0 Å². The Morgan fingerprint density at radius 3 is 3.11 bits per heavy atom. The molecular weight excluding hydrogens is 264 g/mol. The molecule has 0 fully saturated rings. The lowest BCUT2D eigenvalue weighted by Crippen LogP contribution is -2.26. The third-order valence-electron chi connectivity index (χ3n) is 2.81. The lowest BCUT2D eigenvalue weighted by Gasteiger charge is -2.21. The number of fused-ring (bicyclic) bond motifs is 1. The van der Waals surface area contributed by atoms with Gasteiger partial charge in [0.1, 0.15) is 0 Å². The molecule has 0 aliphatic carbocycles. The zero-order valence-electron chi connectivity index (χ0n) is 10.2. The molecule has 6 nitrogen and oxygen atoms in total. The van der Waals surface area contributed by atoms with Crippen LogP contribution < -0.4 is 11.1 Å². The molecule has 0 saturated heterocycles. The zero-order valence-corrected chi connectivity index (χ0v) is 11.0. The molecule has 0 bridgehead atoms. The number of thioether (sulfide) groups is 1. The Kier molecular flexibility index (Phi) is 3.00. The molecule has 2 heterocycles. The number of aromatic nitrogens is 2. The van der Waals surface area contributed by atoms with E-state index in [0.717, 1.165) is 16.1 Å². The van der Waals surface area contributed by atoms with Crippen molar-refractivity contribution in [1.29, 1.82) is 0 Å². The molecule has 7 heteroatoms. The summed E-state index contributed by atoms with van der Waals surface area (Å²) in [4.78, 5) is 16.9. The van der Waals surface area contributed by atoms with E-state index in [2.05, 4.69) is 15.5 Å². The Hall–Kier alpha value is -1.86. The van der Waals surface area contributed by atoms with Gasteiger partial charge in [0.25, 0.3) is 0 Å². The van der Waals surface area contributed by atoms with E-state index in [9.17, 15) is 4.79 Å². The molecule has 19 heavy (non-hydrogen) atoms. The van der Waals surface area contributed by atoms with Crippen molar-refractivity contribution >= 4 is 23.4 Å². The quantitative estimate of drug-likeness (QED) is 0.865. The highest BCUT2D eigenvalue weighted by Gasteiger charge is 2.23. The number of anilines is 1. The molecule has 98 valence electrons.